The van der Waals surface area contributed by atoms with Gasteiger partial charge in [0.25, 0.3) is 0 Å². The van der Waals surface area contributed by atoms with E-state index in [2.05, 4.69) is 10.3 Å². The number of aromatic nitrogens is 1. The van der Waals surface area contributed by atoms with Crippen LogP contribution in [0.15, 0.2) is 42.5 Å². The lowest BCUT2D eigenvalue weighted by Crippen LogP contribution is -2.00. The van der Waals surface area contributed by atoms with Gasteiger partial charge in [-0.15, -0.1) is 0 Å². The van der Waals surface area contributed by atoms with E-state index in [0.29, 0.717) is 17.1 Å². The Hall–Kier alpha value is -1.65. The minimum absolute atomic E-state index is 0.214. The van der Waals surface area contributed by atoms with Crippen LogP contribution in [0.25, 0.3) is 10.2 Å². The summed E-state index contributed by atoms with van der Waals surface area (Å²) in [6.07, 6.45) is 0. The molecule has 2 aromatic carbocycles. The Bertz CT molecular complexity index is 726. The van der Waals surface area contributed by atoms with Crippen molar-refractivity contribution in [2.24, 2.45) is 0 Å². The molecule has 2 nitrogen and oxygen atoms in total. The molecule has 19 heavy (non-hydrogen) atoms. The van der Waals surface area contributed by atoms with Crippen LogP contribution in [0.2, 0.25) is 5.02 Å². The van der Waals surface area contributed by atoms with Crippen molar-refractivity contribution in [3.05, 3.63) is 58.9 Å². The van der Waals surface area contributed by atoms with Crippen LogP contribution in [0.5, 0.6) is 0 Å². The average molecular weight is 293 g/mol. The molecule has 1 N–H and O–H groups in total. The highest BCUT2D eigenvalue weighted by molar-refractivity contribution is 7.22. The number of fused-ring (bicyclic) bond motifs is 1. The van der Waals surface area contributed by atoms with Gasteiger partial charge in [0.2, 0.25) is 0 Å². The van der Waals surface area contributed by atoms with E-state index < -0.39 is 0 Å². The zero-order valence-electron chi connectivity index (χ0n) is 9.86. The third-order valence-corrected chi connectivity index (χ3v) is 4.24. The van der Waals surface area contributed by atoms with Crippen LogP contribution in [0, 0.1) is 5.82 Å². The van der Waals surface area contributed by atoms with E-state index in [1.54, 1.807) is 12.1 Å². The van der Waals surface area contributed by atoms with Crippen LogP contribution in [0.1, 0.15) is 5.56 Å². The number of thiazole rings is 1. The Morgan fingerprint density at radius 1 is 1.16 bits per heavy atom. The summed E-state index contributed by atoms with van der Waals surface area (Å²) >= 11 is 7.57. The maximum absolute atomic E-state index is 13.5. The van der Waals surface area contributed by atoms with Gasteiger partial charge in [-0.1, -0.05) is 47.2 Å². The summed E-state index contributed by atoms with van der Waals surface area (Å²) < 4.78 is 14.4. The van der Waals surface area contributed by atoms with Gasteiger partial charge in [-0.2, -0.15) is 0 Å². The number of hydrogen-bond acceptors (Lipinski definition) is 3. The first-order valence-corrected chi connectivity index (χ1v) is 6.96. The van der Waals surface area contributed by atoms with Gasteiger partial charge in [0.1, 0.15) is 5.82 Å². The molecule has 1 heterocycles. The third-order valence-electron chi connectivity index (χ3n) is 2.75. The summed E-state index contributed by atoms with van der Waals surface area (Å²) in [4.78, 5) is 4.42. The Morgan fingerprint density at radius 2 is 2.00 bits per heavy atom. The molecule has 0 fully saturated rings. The summed E-state index contributed by atoms with van der Waals surface area (Å²) in [5.74, 6) is -0.214. The first-order chi connectivity index (χ1) is 9.24. The monoisotopic (exact) mass is 292 g/mol. The predicted octanol–water partition coefficient (Wildman–Crippen LogP) is 4.70. The van der Waals surface area contributed by atoms with Crippen LogP contribution in [0.4, 0.5) is 9.52 Å². The minimum Gasteiger partial charge on any atom is -0.357 e. The van der Waals surface area contributed by atoms with Crippen LogP contribution < -0.4 is 5.32 Å². The fourth-order valence-corrected chi connectivity index (χ4v) is 2.95. The van der Waals surface area contributed by atoms with Crippen LogP contribution >= 0.6 is 22.9 Å². The van der Waals surface area contributed by atoms with E-state index in [1.807, 2.05) is 24.3 Å². The average Bonchev–Trinajstić information content (AvgIpc) is 2.82. The van der Waals surface area contributed by atoms with E-state index in [-0.39, 0.29) is 5.82 Å². The summed E-state index contributed by atoms with van der Waals surface area (Å²) in [5, 5.41) is 4.56. The predicted molar refractivity (Wildman–Crippen MR) is 78.4 cm³/mol. The molecule has 0 bridgehead atoms. The molecule has 0 unspecified atom stereocenters. The number of hydrogen-bond donors (Lipinski definition) is 1. The van der Waals surface area contributed by atoms with Crippen molar-refractivity contribution < 1.29 is 4.39 Å². The number of benzene rings is 2. The van der Waals surface area contributed by atoms with Gasteiger partial charge in [-0.3, -0.25) is 0 Å². The fraction of sp³-hybridized carbons (Fsp3) is 0.0714. The SMILES string of the molecule is Fc1ccccc1CNc1nc2cccc(Cl)c2s1. The minimum atomic E-state index is -0.214. The lowest BCUT2D eigenvalue weighted by Gasteiger charge is -2.03. The van der Waals surface area contributed by atoms with Gasteiger partial charge >= 0.3 is 0 Å². The first kappa shape index (κ1) is 12.4. The lowest BCUT2D eigenvalue weighted by atomic mass is 10.2. The topological polar surface area (TPSA) is 24.9 Å². The molecule has 96 valence electrons. The molecular weight excluding hydrogens is 283 g/mol. The van der Waals surface area contributed by atoms with Crippen molar-refractivity contribution >= 4 is 38.3 Å². The summed E-state index contributed by atoms with van der Waals surface area (Å²) in [6, 6.07) is 12.3. The molecule has 1 aromatic heterocycles. The van der Waals surface area contributed by atoms with Gasteiger partial charge in [0.05, 0.1) is 15.2 Å². The maximum Gasteiger partial charge on any atom is 0.184 e. The zero-order valence-corrected chi connectivity index (χ0v) is 11.4. The van der Waals surface area contributed by atoms with Gasteiger partial charge in [0, 0.05) is 12.1 Å². The molecule has 0 aliphatic rings. The van der Waals surface area contributed by atoms with Crippen molar-refractivity contribution in [3.63, 3.8) is 0 Å². The van der Waals surface area contributed by atoms with Crippen molar-refractivity contribution in [1.82, 2.24) is 4.98 Å². The normalized spacial score (nSPS) is 10.8. The molecule has 0 saturated heterocycles. The number of nitrogens with one attached hydrogen (secondary N) is 1. The second-order valence-electron chi connectivity index (χ2n) is 4.05. The van der Waals surface area contributed by atoms with Gasteiger partial charge in [-0.25, -0.2) is 9.37 Å². The third kappa shape index (κ3) is 2.55. The lowest BCUT2D eigenvalue weighted by molar-refractivity contribution is 0.613. The van der Waals surface area contributed by atoms with Crippen molar-refractivity contribution in [1.29, 1.82) is 0 Å². The Kier molecular flexibility index (Phi) is 3.36. The van der Waals surface area contributed by atoms with E-state index >= 15 is 0 Å². The number of nitrogens with zero attached hydrogens (tertiary/aromatic N) is 1. The molecule has 0 spiro atoms. The van der Waals surface area contributed by atoms with Crippen molar-refractivity contribution in [2.75, 3.05) is 5.32 Å². The quantitative estimate of drug-likeness (QED) is 0.757. The van der Waals surface area contributed by atoms with Crippen LogP contribution in [-0.4, -0.2) is 4.98 Å². The summed E-state index contributed by atoms with van der Waals surface area (Å²) in [7, 11) is 0. The van der Waals surface area contributed by atoms with E-state index in [4.69, 9.17) is 11.6 Å². The highest BCUT2D eigenvalue weighted by Gasteiger charge is 2.07. The highest BCUT2D eigenvalue weighted by Crippen LogP contribution is 2.31. The molecule has 3 rings (SSSR count). The van der Waals surface area contributed by atoms with E-state index in [9.17, 15) is 4.39 Å². The fourth-order valence-electron chi connectivity index (χ4n) is 1.80. The summed E-state index contributed by atoms with van der Waals surface area (Å²) in [6.45, 7) is 0.407. The summed E-state index contributed by atoms with van der Waals surface area (Å²) in [5.41, 5.74) is 1.47. The largest absolute Gasteiger partial charge is 0.357 e. The molecular formula is C14H10ClFN2S. The second kappa shape index (κ2) is 5.15. The standard InChI is InChI=1S/C14H10ClFN2S/c15-10-5-3-7-12-13(10)19-14(18-12)17-8-9-4-1-2-6-11(9)16/h1-7H,8H2,(H,17,18). The maximum atomic E-state index is 13.5. The number of anilines is 1. The first-order valence-electron chi connectivity index (χ1n) is 5.76. The molecule has 3 aromatic rings. The Balaban J connectivity index is 1.83. The molecule has 0 aliphatic heterocycles. The van der Waals surface area contributed by atoms with Crippen LogP contribution in [0.3, 0.4) is 0 Å². The molecule has 5 heteroatoms. The van der Waals surface area contributed by atoms with Crippen molar-refractivity contribution in [3.8, 4) is 0 Å². The smallest absolute Gasteiger partial charge is 0.184 e. The highest BCUT2D eigenvalue weighted by atomic mass is 35.5. The van der Waals surface area contributed by atoms with Crippen molar-refractivity contribution in [2.45, 2.75) is 6.54 Å². The molecule has 0 amide bonds. The molecule has 0 radical (unpaired) electrons. The molecule has 0 atom stereocenters. The van der Waals surface area contributed by atoms with Crippen LogP contribution in [-0.2, 0) is 6.54 Å². The molecule has 0 aliphatic carbocycles. The second-order valence-corrected chi connectivity index (χ2v) is 5.46. The Labute approximate surface area is 118 Å². The van der Waals surface area contributed by atoms with E-state index in [0.717, 1.165) is 15.3 Å². The van der Waals surface area contributed by atoms with Gasteiger partial charge in [-0.05, 0) is 18.2 Å². The zero-order chi connectivity index (χ0) is 13.2. The van der Waals surface area contributed by atoms with Gasteiger partial charge in [0.15, 0.2) is 5.13 Å². The van der Waals surface area contributed by atoms with E-state index in [1.165, 1.54) is 17.4 Å². The van der Waals surface area contributed by atoms with Gasteiger partial charge < -0.3 is 5.32 Å². The number of halogens is 2. The number of rotatable bonds is 3. The molecule has 0 saturated carbocycles. The Morgan fingerprint density at radius 3 is 2.79 bits per heavy atom.